The Morgan fingerprint density at radius 2 is 2.38 bits per heavy atom. The van der Waals surface area contributed by atoms with E-state index in [1.54, 1.807) is 0 Å². The highest BCUT2D eigenvalue weighted by Crippen LogP contribution is 2.10. The summed E-state index contributed by atoms with van der Waals surface area (Å²) in [5.74, 6) is -0.0102. The molecule has 1 aliphatic rings. The van der Waals surface area contributed by atoms with Crippen molar-refractivity contribution in [1.29, 1.82) is 0 Å². The largest absolute Gasteiger partial charge is 0.305 e. The second-order valence-corrected chi connectivity index (χ2v) is 3.75. The molecule has 0 spiro atoms. The van der Waals surface area contributed by atoms with E-state index in [-0.39, 0.29) is 18.2 Å². The summed E-state index contributed by atoms with van der Waals surface area (Å²) >= 11 is 1.31. The third kappa shape index (κ3) is 3.42. The standard InChI is InChI=1S/C8H10N2O2S/c1-5(2)4-13-8-9-6(11)3-7(12)10-8/h1,3-4H2,2H3,(H,9,10,11,12). The summed E-state index contributed by atoms with van der Waals surface area (Å²) in [6, 6.07) is 0. The summed E-state index contributed by atoms with van der Waals surface area (Å²) in [5, 5.41) is 2.89. The molecule has 0 saturated carbocycles. The average Bonchev–Trinajstić information content (AvgIpc) is 1.99. The zero-order chi connectivity index (χ0) is 9.84. The van der Waals surface area contributed by atoms with Gasteiger partial charge in [0.1, 0.15) is 6.42 Å². The van der Waals surface area contributed by atoms with Crippen molar-refractivity contribution in [2.45, 2.75) is 13.3 Å². The fourth-order valence-electron chi connectivity index (χ4n) is 0.741. The van der Waals surface area contributed by atoms with Crippen molar-refractivity contribution >= 4 is 28.7 Å². The second kappa shape index (κ2) is 4.23. The van der Waals surface area contributed by atoms with Gasteiger partial charge in [-0.15, -0.1) is 0 Å². The van der Waals surface area contributed by atoms with Gasteiger partial charge >= 0.3 is 0 Å². The first-order valence-electron chi connectivity index (χ1n) is 3.76. The summed E-state index contributed by atoms with van der Waals surface area (Å²) < 4.78 is 0. The minimum absolute atomic E-state index is 0.142. The van der Waals surface area contributed by atoms with E-state index < -0.39 is 0 Å². The predicted molar refractivity (Wildman–Crippen MR) is 52.5 cm³/mol. The maximum atomic E-state index is 10.9. The van der Waals surface area contributed by atoms with Gasteiger partial charge in [0.15, 0.2) is 5.17 Å². The molecule has 0 aromatic heterocycles. The quantitative estimate of drug-likeness (QED) is 0.525. The van der Waals surface area contributed by atoms with Crippen LogP contribution < -0.4 is 5.32 Å². The van der Waals surface area contributed by atoms with Gasteiger partial charge in [0.25, 0.3) is 5.91 Å². The lowest BCUT2D eigenvalue weighted by atomic mass is 10.4. The molecule has 1 N–H and O–H groups in total. The SMILES string of the molecule is C=C(C)CSC1=NC(=O)CC(=O)N1. The molecule has 1 rings (SSSR count). The number of nitrogens with one attached hydrogen (secondary N) is 1. The number of nitrogens with zero attached hydrogens (tertiary/aromatic N) is 1. The molecule has 70 valence electrons. The van der Waals surface area contributed by atoms with Crippen molar-refractivity contribution in [3.8, 4) is 0 Å². The molecule has 13 heavy (non-hydrogen) atoms. The Labute approximate surface area is 80.5 Å². The molecule has 1 aliphatic heterocycles. The molecule has 4 nitrogen and oxygen atoms in total. The topological polar surface area (TPSA) is 58.5 Å². The summed E-state index contributed by atoms with van der Waals surface area (Å²) in [7, 11) is 0. The molecular weight excluding hydrogens is 188 g/mol. The Kier molecular flexibility index (Phi) is 3.25. The van der Waals surface area contributed by atoms with Crippen LogP contribution in [0, 0.1) is 0 Å². The maximum Gasteiger partial charge on any atom is 0.257 e. The molecule has 2 amide bonds. The van der Waals surface area contributed by atoms with E-state index >= 15 is 0 Å². The van der Waals surface area contributed by atoms with Crippen LogP contribution in [0.1, 0.15) is 13.3 Å². The predicted octanol–water partition coefficient (Wildman–Crippen LogP) is 0.698. The van der Waals surface area contributed by atoms with Crippen molar-refractivity contribution in [2.75, 3.05) is 5.75 Å². The van der Waals surface area contributed by atoms with E-state index in [0.717, 1.165) is 5.57 Å². The highest BCUT2D eigenvalue weighted by atomic mass is 32.2. The summed E-state index contributed by atoms with van der Waals surface area (Å²) in [5.41, 5.74) is 0.972. The molecule has 0 saturated heterocycles. The maximum absolute atomic E-state index is 10.9. The molecule has 0 bridgehead atoms. The minimum Gasteiger partial charge on any atom is -0.305 e. The van der Waals surface area contributed by atoms with Crippen LogP contribution in [-0.2, 0) is 9.59 Å². The van der Waals surface area contributed by atoms with Crippen LogP contribution in [0.3, 0.4) is 0 Å². The van der Waals surface area contributed by atoms with Gasteiger partial charge < -0.3 is 5.32 Å². The van der Waals surface area contributed by atoms with E-state index in [9.17, 15) is 9.59 Å². The zero-order valence-corrected chi connectivity index (χ0v) is 8.11. The number of carbonyl (C=O) groups excluding carboxylic acids is 2. The first-order chi connectivity index (χ1) is 6.08. The van der Waals surface area contributed by atoms with Crippen LogP contribution in [0.4, 0.5) is 0 Å². The Balaban J connectivity index is 2.54. The van der Waals surface area contributed by atoms with E-state index in [2.05, 4.69) is 16.9 Å². The van der Waals surface area contributed by atoms with Crippen LogP contribution >= 0.6 is 11.8 Å². The minimum atomic E-state index is -0.382. The Morgan fingerprint density at radius 3 is 2.92 bits per heavy atom. The van der Waals surface area contributed by atoms with Gasteiger partial charge in [0.2, 0.25) is 5.91 Å². The van der Waals surface area contributed by atoms with Gasteiger partial charge in [0.05, 0.1) is 0 Å². The summed E-state index contributed by atoms with van der Waals surface area (Å²) in [4.78, 5) is 25.4. The summed E-state index contributed by atoms with van der Waals surface area (Å²) in [6.07, 6.45) is -0.142. The van der Waals surface area contributed by atoms with Gasteiger partial charge in [-0.2, -0.15) is 4.99 Å². The first-order valence-corrected chi connectivity index (χ1v) is 4.75. The molecular formula is C8H10N2O2S. The Hall–Kier alpha value is -1.10. The molecule has 0 radical (unpaired) electrons. The van der Waals surface area contributed by atoms with Crippen LogP contribution in [-0.4, -0.2) is 22.7 Å². The number of hydrogen-bond acceptors (Lipinski definition) is 3. The van der Waals surface area contributed by atoms with Crippen molar-refractivity contribution in [3.63, 3.8) is 0 Å². The fraction of sp³-hybridized carbons (Fsp3) is 0.375. The van der Waals surface area contributed by atoms with Gasteiger partial charge in [0, 0.05) is 5.75 Å². The third-order valence-electron chi connectivity index (χ3n) is 1.24. The zero-order valence-electron chi connectivity index (χ0n) is 7.29. The molecule has 0 aromatic rings. The van der Waals surface area contributed by atoms with E-state index in [4.69, 9.17) is 0 Å². The van der Waals surface area contributed by atoms with Crippen LogP contribution in [0.15, 0.2) is 17.1 Å². The monoisotopic (exact) mass is 198 g/mol. The lowest BCUT2D eigenvalue weighted by Gasteiger charge is -2.10. The number of aliphatic imine (C=N–C) groups is 1. The van der Waals surface area contributed by atoms with Crippen molar-refractivity contribution in [3.05, 3.63) is 12.2 Å². The Morgan fingerprint density at radius 1 is 1.69 bits per heavy atom. The van der Waals surface area contributed by atoms with Gasteiger partial charge in [-0.3, -0.25) is 9.59 Å². The second-order valence-electron chi connectivity index (χ2n) is 2.78. The van der Waals surface area contributed by atoms with Crippen molar-refractivity contribution in [2.24, 2.45) is 4.99 Å². The number of rotatable bonds is 2. The molecule has 1 heterocycles. The number of amidine groups is 1. The molecule has 0 fully saturated rings. The normalized spacial score (nSPS) is 16.5. The average molecular weight is 198 g/mol. The van der Waals surface area contributed by atoms with Gasteiger partial charge in [-0.05, 0) is 6.92 Å². The summed E-state index contributed by atoms with van der Waals surface area (Å²) in [6.45, 7) is 5.58. The highest BCUT2D eigenvalue weighted by molar-refractivity contribution is 8.14. The lowest BCUT2D eigenvalue weighted by molar-refractivity contribution is -0.127. The first kappa shape index (κ1) is 9.98. The number of carbonyl (C=O) groups is 2. The fourth-order valence-corrected chi connectivity index (χ4v) is 1.48. The smallest absolute Gasteiger partial charge is 0.257 e. The molecule has 0 aromatic carbocycles. The van der Waals surface area contributed by atoms with Gasteiger partial charge in [-0.1, -0.05) is 23.9 Å². The van der Waals surface area contributed by atoms with Crippen molar-refractivity contribution < 1.29 is 9.59 Å². The molecule has 0 unspecified atom stereocenters. The Bertz CT molecular complexity index is 297. The highest BCUT2D eigenvalue weighted by Gasteiger charge is 2.17. The van der Waals surface area contributed by atoms with E-state index in [1.807, 2.05) is 6.92 Å². The molecule has 0 atom stereocenters. The lowest BCUT2D eigenvalue weighted by Crippen LogP contribution is -2.35. The number of amides is 2. The van der Waals surface area contributed by atoms with Crippen LogP contribution in [0.25, 0.3) is 0 Å². The van der Waals surface area contributed by atoms with E-state index in [0.29, 0.717) is 10.9 Å². The van der Waals surface area contributed by atoms with E-state index in [1.165, 1.54) is 11.8 Å². The molecule has 0 aliphatic carbocycles. The molecule has 5 heteroatoms. The third-order valence-corrected chi connectivity index (χ3v) is 2.34. The number of hydrogen-bond donors (Lipinski definition) is 1. The van der Waals surface area contributed by atoms with Crippen molar-refractivity contribution in [1.82, 2.24) is 5.32 Å². The van der Waals surface area contributed by atoms with Crippen LogP contribution in [0.5, 0.6) is 0 Å². The van der Waals surface area contributed by atoms with Crippen LogP contribution in [0.2, 0.25) is 0 Å². The number of thioether (sulfide) groups is 1. The van der Waals surface area contributed by atoms with Gasteiger partial charge in [-0.25, -0.2) is 0 Å².